The number of carbonyl (C=O) groups is 1. The molecule has 28 heavy (non-hydrogen) atoms. The molecule has 2 aromatic rings. The zero-order valence-electron chi connectivity index (χ0n) is 16.0. The van der Waals surface area contributed by atoms with E-state index in [0.717, 1.165) is 42.7 Å². The highest BCUT2D eigenvalue weighted by Crippen LogP contribution is 2.37. The van der Waals surface area contributed by atoms with E-state index in [-0.39, 0.29) is 12.1 Å². The minimum absolute atomic E-state index is 0.0155. The number of anilines is 2. The number of benzene rings is 1. The molecule has 0 atom stereocenters. The van der Waals surface area contributed by atoms with Gasteiger partial charge in [0.1, 0.15) is 12.1 Å². The van der Waals surface area contributed by atoms with Crippen molar-refractivity contribution in [3.8, 4) is 0 Å². The number of hydrogen-bond donors (Lipinski definition) is 1. The first-order valence-electron chi connectivity index (χ1n) is 9.54. The van der Waals surface area contributed by atoms with Crippen LogP contribution in [0, 0.1) is 6.92 Å². The zero-order valence-corrected chi connectivity index (χ0v) is 16.8. The summed E-state index contributed by atoms with van der Waals surface area (Å²) in [6, 6.07) is 5.55. The largest absolute Gasteiger partial charge is 0.437 e. The number of aromatic nitrogens is 2. The molecule has 0 radical (unpaired) electrons. The van der Waals surface area contributed by atoms with E-state index in [1.807, 2.05) is 23.9 Å². The number of halogens is 1. The van der Waals surface area contributed by atoms with Crippen molar-refractivity contribution in [2.45, 2.75) is 39.2 Å². The smallest absolute Gasteiger partial charge is 0.376 e. The summed E-state index contributed by atoms with van der Waals surface area (Å²) in [6.45, 7) is 5.59. The van der Waals surface area contributed by atoms with Crippen LogP contribution in [0.1, 0.15) is 24.0 Å². The van der Waals surface area contributed by atoms with Gasteiger partial charge in [0.25, 0.3) is 0 Å². The molecular weight excluding hydrogens is 377 g/mol. The van der Waals surface area contributed by atoms with Gasteiger partial charge in [-0.15, -0.1) is 0 Å². The molecule has 0 saturated carbocycles. The van der Waals surface area contributed by atoms with Gasteiger partial charge in [-0.3, -0.25) is 9.80 Å². The van der Waals surface area contributed by atoms with Gasteiger partial charge in [-0.1, -0.05) is 23.7 Å². The Balaban J connectivity index is 1.70. The summed E-state index contributed by atoms with van der Waals surface area (Å²) in [7, 11) is -0.477. The van der Waals surface area contributed by atoms with Gasteiger partial charge >= 0.3 is 13.1 Å². The van der Waals surface area contributed by atoms with E-state index < -0.39 is 7.05 Å². The Kier molecular flexibility index (Phi) is 5.27. The first-order valence-corrected chi connectivity index (χ1v) is 9.92. The minimum Gasteiger partial charge on any atom is -0.437 e. The molecule has 9 heteroatoms. The lowest BCUT2D eigenvalue weighted by molar-refractivity contribution is 0.238. The number of nitrogens with zero attached hydrogens (tertiary/aromatic N) is 5. The standard InChI is InChI=1S/C19H23BClN5O2/c1-13-4-3-5-16(21)17(13)25-11-14-10-22-12-23-18(14)26(19(25)27)15-6-8-24(9-7-15)20(2)28/h3-5,10,12,15,28H,6-9,11H2,1-2H3. The van der Waals surface area contributed by atoms with Crippen LogP contribution in [0.2, 0.25) is 11.8 Å². The number of carbonyl (C=O) groups excluding carboxylic acids is 1. The van der Waals surface area contributed by atoms with Crippen molar-refractivity contribution in [2.24, 2.45) is 0 Å². The molecule has 0 unspecified atom stereocenters. The third-order valence-electron chi connectivity index (χ3n) is 5.61. The first kappa shape index (κ1) is 19.2. The topological polar surface area (TPSA) is 72.8 Å². The Hall–Kier alpha value is -2.16. The summed E-state index contributed by atoms with van der Waals surface area (Å²) < 4.78 is 0. The van der Waals surface area contributed by atoms with Gasteiger partial charge in [0.05, 0.1) is 17.3 Å². The van der Waals surface area contributed by atoms with Crippen molar-refractivity contribution in [3.05, 3.63) is 46.9 Å². The summed E-state index contributed by atoms with van der Waals surface area (Å²) in [5.74, 6) is 0.677. The highest BCUT2D eigenvalue weighted by atomic mass is 35.5. The van der Waals surface area contributed by atoms with Gasteiger partial charge in [-0.25, -0.2) is 14.8 Å². The van der Waals surface area contributed by atoms with E-state index in [0.29, 0.717) is 17.4 Å². The monoisotopic (exact) mass is 399 g/mol. The van der Waals surface area contributed by atoms with E-state index in [9.17, 15) is 9.82 Å². The fourth-order valence-corrected chi connectivity index (χ4v) is 4.45. The maximum absolute atomic E-state index is 13.6. The van der Waals surface area contributed by atoms with Gasteiger partial charge in [0, 0.05) is 17.8 Å². The second-order valence-electron chi connectivity index (χ2n) is 7.41. The number of rotatable bonds is 3. The van der Waals surface area contributed by atoms with Crippen molar-refractivity contribution in [1.82, 2.24) is 14.8 Å². The van der Waals surface area contributed by atoms with Crippen molar-refractivity contribution < 1.29 is 9.82 Å². The van der Waals surface area contributed by atoms with Gasteiger partial charge in [-0.2, -0.15) is 0 Å². The molecule has 2 aliphatic rings. The second-order valence-corrected chi connectivity index (χ2v) is 7.82. The molecule has 1 saturated heterocycles. The molecule has 7 nitrogen and oxygen atoms in total. The summed E-state index contributed by atoms with van der Waals surface area (Å²) in [6.07, 6.45) is 4.80. The van der Waals surface area contributed by atoms with Crippen LogP contribution in [0.5, 0.6) is 0 Å². The fourth-order valence-electron chi connectivity index (χ4n) is 4.13. The lowest BCUT2D eigenvalue weighted by atomic mass is 9.82. The lowest BCUT2D eigenvalue weighted by Gasteiger charge is -2.43. The Morgan fingerprint density at radius 2 is 2.04 bits per heavy atom. The Bertz CT molecular complexity index is 868. The number of urea groups is 1. The molecule has 0 bridgehead atoms. The maximum Gasteiger partial charge on any atom is 0.376 e. The third kappa shape index (κ3) is 3.36. The number of aryl methyl sites for hydroxylation is 1. The van der Waals surface area contributed by atoms with Crippen molar-refractivity contribution in [1.29, 1.82) is 0 Å². The molecule has 1 N–H and O–H groups in total. The molecule has 4 rings (SSSR count). The van der Waals surface area contributed by atoms with E-state index in [2.05, 4.69) is 9.97 Å². The van der Waals surface area contributed by atoms with Crippen molar-refractivity contribution >= 4 is 36.2 Å². The van der Waals surface area contributed by atoms with Crippen LogP contribution in [0.25, 0.3) is 0 Å². The van der Waals surface area contributed by atoms with Gasteiger partial charge in [0.2, 0.25) is 0 Å². The highest BCUT2D eigenvalue weighted by Gasteiger charge is 2.39. The first-order chi connectivity index (χ1) is 13.5. The number of para-hydroxylation sites is 1. The third-order valence-corrected chi connectivity index (χ3v) is 5.91. The molecule has 2 aliphatic heterocycles. The summed E-state index contributed by atoms with van der Waals surface area (Å²) in [5.41, 5.74) is 2.58. The zero-order chi connectivity index (χ0) is 19.8. The number of amides is 2. The van der Waals surface area contributed by atoms with Crippen LogP contribution < -0.4 is 9.80 Å². The predicted octanol–water partition coefficient (Wildman–Crippen LogP) is 2.96. The van der Waals surface area contributed by atoms with E-state index in [1.54, 1.807) is 28.9 Å². The molecule has 1 aromatic heterocycles. The molecule has 1 fully saturated rings. The quantitative estimate of drug-likeness (QED) is 0.803. The van der Waals surface area contributed by atoms with E-state index >= 15 is 0 Å². The van der Waals surface area contributed by atoms with Crippen LogP contribution in [0.15, 0.2) is 30.7 Å². The molecule has 0 aliphatic carbocycles. The average Bonchev–Trinajstić information content (AvgIpc) is 2.68. The van der Waals surface area contributed by atoms with Gasteiger partial charge in [-0.05, 0) is 51.3 Å². The van der Waals surface area contributed by atoms with Crippen molar-refractivity contribution in [2.75, 3.05) is 22.9 Å². The molecule has 3 heterocycles. The van der Waals surface area contributed by atoms with E-state index in [1.165, 1.54) is 6.33 Å². The average molecular weight is 400 g/mol. The van der Waals surface area contributed by atoms with Gasteiger partial charge < -0.3 is 9.83 Å². The molecule has 146 valence electrons. The summed E-state index contributed by atoms with van der Waals surface area (Å²) in [5, 5.41) is 10.4. The number of fused-ring (bicyclic) bond motifs is 1. The Morgan fingerprint density at radius 3 is 2.71 bits per heavy atom. The van der Waals surface area contributed by atoms with Gasteiger partial charge in [0.15, 0.2) is 0 Å². The predicted molar refractivity (Wildman–Crippen MR) is 111 cm³/mol. The van der Waals surface area contributed by atoms with Crippen LogP contribution >= 0.6 is 11.6 Å². The van der Waals surface area contributed by atoms with Crippen molar-refractivity contribution in [3.63, 3.8) is 0 Å². The fraction of sp³-hybridized carbons (Fsp3) is 0.421. The van der Waals surface area contributed by atoms with Crippen LogP contribution in [-0.2, 0) is 6.54 Å². The highest BCUT2D eigenvalue weighted by molar-refractivity contribution is 6.45. The van der Waals surface area contributed by atoms with E-state index in [4.69, 9.17) is 11.6 Å². The molecular formula is C19H23BClN5O2. The number of piperidine rings is 1. The molecule has 1 aromatic carbocycles. The maximum atomic E-state index is 13.6. The summed E-state index contributed by atoms with van der Waals surface area (Å²) >= 11 is 6.46. The minimum atomic E-state index is -0.477. The Labute approximate surface area is 170 Å². The lowest BCUT2D eigenvalue weighted by Crippen LogP contribution is -2.56. The van der Waals surface area contributed by atoms with Crippen LogP contribution in [0.4, 0.5) is 16.3 Å². The van der Waals surface area contributed by atoms with Crippen LogP contribution in [-0.4, -0.2) is 52.0 Å². The summed E-state index contributed by atoms with van der Waals surface area (Å²) in [4.78, 5) is 27.7. The van der Waals surface area contributed by atoms with Crippen LogP contribution in [0.3, 0.4) is 0 Å². The normalized spacial score (nSPS) is 18.4. The SMILES string of the molecule is CB(O)N1CCC(N2C(=O)N(c3c(C)cccc3Cl)Cc3cncnc32)CC1. The molecule has 2 amide bonds. The number of hydrogen-bond acceptors (Lipinski definition) is 5. The Morgan fingerprint density at radius 1 is 1.29 bits per heavy atom. The second kappa shape index (κ2) is 7.70. The molecule has 0 spiro atoms.